The van der Waals surface area contributed by atoms with E-state index in [2.05, 4.69) is 0 Å². The van der Waals surface area contributed by atoms with Crippen molar-refractivity contribution in [1.82, 2.24) is 4.90 Å². The van der Waals surface area contributed by atoms with Gasteiger partial charge >= 0.3 is 0 Å². The van der Waals surface area contributed by atoms with Crippen molar-refractivity contribution in [2.45, 2.75) is 18.9 Å². The van der Waals surface area contributed by atoms with Gasteiger partial charge in [0.2, 0.25) is 5.91 Å². The zero-order valence-electron chi connectivity index (χ0n) is 11.1. The van der Waals surface area contributed by atoms with Crippen LogP contribution in [-0.2, 0) is 4.79 Å². The van der Waals surface area contributed by atoms with E-state index in [1.165, 1.54) is 18.2 Å². The molecule has 6 heteroatoms. The van der Waals surface area contributed by atoms with Gasteiger partial charge in [0.25, 0.3) is 5.69 Å². The van der Waals surface area contributed by atoms with Gasteiger partial charge in [0, 0.05) is 31.3 Å². The van der Waals surface area contributed by atoms with E-state index in [0.717, 1.165) is 12.8 Å². The van der Waals surface area contributed by atoms with Gasteiger partial charge in [-0.3, -0.25) is 14.9 Å². The van der Waals surface area contributed by atoms with E-state index in [1.54, 1.807) is 23.1 Å². The summed E-state index contributed by atoms with van der Waals surface area (Å²) in [6.07, 6.45) is 4.69. The summed E-state index contributed by atoms with van der Waals surface area (Å²) in [5.41, 5.74) is 6.24. The molecule has 6 nitrogen and oxygen atoms in total. The fourth-order valence-corrected chi connectivity index (χ4v) is 2.27. The average molecular weight is 275 g/mol. The number of carbonyl (C=O) groups excluding carboxylic acids is 1. The minimum atomic E-state index is -0.457. The third-order valence-electron chi connectivity index (χ3n) is 3.31. The van der Waals surface area contributed by atoms with Crippen LogP contribution in [0.1, 0.15) is 18.4 Å². The van der Waals surface area contributed by atoms with Crippen LogP contribution in [-0.4, -0.2) is 34.9 Å². The van der Waals surface area contributed by atoms with Gasteiger partial charge in [-0.2, -0.15) is 0 Å². The first-order valence-corrected chi connectivity index (χ1v) is 6.54. The van der Waals surface area contributed by atoms with E-state index in [9.17, 15) is 14.9 Å². The quantitative estimate of drug-likeness (QED) is 0.515. The van der Waals surface area contributed by atoms with Crippen LogP contribution < -0.4 is 5.73 Å². The zero-order valence-corrected chi connectivity index (χ0v) is 11.1. The van der Waals surface area contributed by atoms with E-state index in [-0.39, 0.29) is 17.6 Å². The molecule has 0 aliphatic carbocycles. The van der Waals surface area contributed by atoms with E-state index >= 15 is 0 Å². The third kappa shape index (κ3) is 3.42. The monoisotopic (exact) mass is 275 g/mol. The molecule has 0 radical (unpaired) electrons. The molecular weight excluding hydrogens is 258 g/mol. The lowest BCUT2D eigenvalue weighted by Gasteiger charge is -2.29. The molecule has 0 saturated carbocycles. The molecule has 1 aromatic rings. The molecule has 1 aliphatic rings. The summed E-state index contributed by atoms with van der Waals surface area (Å²) < 4.78 is 0. The maximum atomic E-state index is 12.0. The summed E-state index contributed by atoms with van der Waals surface area (Å²) in [4.78, 5) is 24.1. The largest absolute Gasteiger partial charge is 0.338 e. The molecular formula is C14H17N3O3. The number of nitrogens with two attached hydrogens (primary N) is 1. The maximum Gasteiger partial charge on any atom is 0.276 e. The van der Waals surface area contributed by atoms with Crippen molar-refractivity contribution in [3.63, 3.8) is 0 Å². The third-order valence-corrected chi connectivity index (χ3v) is 3.31. The van der Waals surface area contributed by atoms with Crippen molar-refractivity contribution in [1.29, 1.82) is 0 Å². The molecule has 0 aromatic heterocycles. The highest BCUT2D eigenvalue weighted by Gasteiger charge is 2.19. The summed E-state index contributed by atoms with van der Waals surface area (Å²) in [5, 5.41) is 10.9. The molecule has 1 fully saturated rings. The molecule has 1 aliphatic heterocycles. The first-order chi connectivity index (χ1) is 9.58. The molecule has 1 unspecified atom stereocenters. The summed E-state index contributed by atoms with van der Waals surface area (Å²) >= 11 is 0. The molecule has 106 valence electrons. The zero-order chi connectivity index (χ0) is 14.5. The van der Waals surface area contributed by atoms with Crippen molar-refractivity contribution in [2.24, 2.45) is 5.73 Å². The van der Waals surface area contributed by atoms with Crippen LogP contribution in [0.2, 0.25) is 0 Å². The number of hydrogen-bond acceptors (Lipinski definition) is 4. The van der Waals surface area contributed by atoms with Crippen LogP contribution in [0.5, 0.6) is 0 Å². The van der Waals surface area contributed by atoms with Crippen LogP contribution >= 0.6 is 0 Å². The number of nitro benzene ring substituents is 1. The predicted molar refractivity (Wildman–Crippen MR) is 75.9 cm³/mol. The van der Waals surface area contributed by atoms with Crippen molar-refractivity contribution < 1.29 is 9.72 Å². The Morgan fingerprint density at radius 3 is 2.90 bits per heavy atom. The smallest absolute Gasteiger partial charge is 0.276 e. The molecule has 1 heterocycles. The predicted octanol–water partition coefficient (Wildman–Crippen LogP) is 1.56. The van der Waals surface area contributed by atoms with E-state index in [4.69, 9.17) is 5.73 Å². The highest BCUT2D eigenvalue weighted by Crippen LogP contribution is 2.19. The number of piperidine rings is 1. The fraction of sp³-hybridized carbons (Fsp3) is 0.357. The molecule has 1 saturated heterocycles. The maximum absolute atomic E-state index is 12.0. The number of nitrogens with zero attached hydrogens (tertiary/aromatic N) is 2. The number of para-hydroxylation sites is 1. The number of likely N-dealkylation sites (tertiary alicyclic amines) is 1. The Kier molecular flexibility index (Phi) is 4.47. The van der Waals surface area contributed by atoms with Crippen molar-refractivity contribution in [3.05, 3.63) is 46.0 Å². The number of nitro groups is 1. The lowest BCUT2D eigenvalue weighted by atomic mass is 10.1. The van der Waals surface area contributed by atoms with Gasteiger partial charge in [-0.15, -0.1) is 0 Å². The average Bonchev–Trinajstić information content (AvgIpc) is 2.45. The number of benzene rings is 1. The summed E-state index contributed by atoms with van der Waals surface area (Å²) in [6.45, 7) is 1.23. The van der Waals surface area contributed by atoms with Gasteiger partial charge in [0.1, 0.15) is 0 Å². The van der Waals surface area contributed by atoms with Gasteiger partial charge in [0.05, 0.1) is 10.5 Å². The minimum Gasteiger partial charge on any atom is -0.338 e. The molecule has 1 aromatic carbocycles. The van der Waals surface area contributed by atoms with Gasteiger partial charge in [0.15, 0.2) is 0 Å². The first kappa shape index (κ1) is 14.2. The molecule has 1 atom stereocenters. The first-order valence-electron chi connectivity index (χ1n) is 6.54. The van der Waals surface area contributed by atoms with Crippen LogP contribution in [0.4, 0.5) is 5.69 Å². The van der Waals surface area contributed by atoms with Gasteiger partial charge in [-0.05, 0) is 25.0 Å². The Morgan fingerprint density at radius 1 is 1.45 bits per heavy atom. The lowest BCUT2D eigenvalue weighted by Crippen LogP contribution is -2.45. The Morgan fingerprint density at radius 2 is 2.20 bits per heavy atom. The topological polar surface area (TPSA) is 89.5 Å². The molecule has 2 rings (SSSR count). The fourth-order valence-electron chi connectivity index (χ4n) is 2.27. The Bertz CT molecular complexity index is 542. The van der Waals surface area contributed by atoms with Gasteiger partial charge < -0.3 is 10.6 Å². The second kappa shape index (κ2) is 6.29. The molecule has 1 amide bonds. The second-order valence-corrected chi connectivity index (χ2v) is 4.84. The molecule has 0 bridgehead atoms. The van der Waals surface area contributed by atoms with Crippen LogP contribution in [0.25, 0.3) is 6.08 Å². The van der Waals surface area contributed by atoms with Crippen LogP contribution in [0.15, 0.2) is 30.3 Å². The summed E-state index contributed by atoms with van der Waals surface area (Å²) in [6, 6.07) is 6.35. The molecule has 2 N–H and O–H groups in total. The van der Waals surface area contributed by atoms with Crippen LogP contribution in [0.3, 0.4) is 0 Å². The standard InChI is InChI=1S/C14H17N3O3/c15-12-5-3-9-16(10-12)14(18)8-7-11-4-1-2-6-13(11)17(19)20/h1-2,4,6-8,12H,3,5,9-10,15H2/b8-7+. The summed E-state index contributed by atoms with van der Waals surface area (Å²) in [7, 11) is 0. The van der Waals surface area contributed by atoms with Crippen molar-refractivity contribution >= 4 is 17.7 Å². The Labute approximate surface area is 117 Å². The minimum absolute atomic E-state index is 0.00750. The van der Waals surface area contributed by atoms with E-state index < -0.39 is 4.92 Å². The van der Waals surface area contributed by atoms with Crippen molar-refractivity contribution in [2.75, 3.05) is 13.1 Å². The van der Waals surface area contributed by atoms with Crippen molar-refractivity contribution in [3.8, 4) is 0 Å². The number of rotatable bonds is 3. The Balaban J connectivity index is 2.09. The Hall–Kier alpha value is -2.21. The van der Waals surface area contributed by atoms with E-state index in [0.29, 0.717) is 18.7 Å². The lowest BCUT2D eigenvalue weighted by molar-refractivity contribution is -0.385. The second-order valence-electron chi connectivity index (χ2n) is 4.84. The number of carbonyl (C=O) groups is 1. The highest BCUT2D eigenvalue weighted by molar-refractivity contribution is 5.92. The SMILES string of the molecule is NC1CCCN(C(=O)/C=C/c2ccccc2[N+](=O)[O-])C1. The summed E-state index contributed by atoms with van der Waals surface area (Å²) in [5.74, 6) is -0.154. The molecule has 20 heavy (non-hydrogen) atoms. The van der Waals surface area contributed by atoms with E-state index in [1.807, 2.05) is 0 Å². The highest BCUT2D eigenvalue weighted by atomic mass is 16.6. The van der Waals surface area contributed by atoms with Gasteiger partial charge in [-0.25, -0.2) is 0 Å². The normalized spacial score (nSPS) is 19.2. The molecule has 0 spiro atoms. The van der Waals surface area contributed by atoms with Crippen LogP contribution in [0, 0.1) is 10.1 Å². The number of hydrogen-bond donors (Lipinski definition) is 1. The van der Waals surface area contributed by atoms with Gasteiger partial charge in [-0.1, -0.05) is 12.1 Å². The number of amides is 1.